The molecule has 6 aromatic rings. The molecular weight excluding hydrogens is 857 g/mol. The summed E-state index contributed by atoms with van der Waals surface area (Å²) in [7, 11) is 3.80. The summed E-state index contributed by atoms with van der Waals surface area (Å²) in [6.07, 6.45) is 15.4. The molecule has 14 heteroatoms. The van der Waals surface area contributed by atoms with E-state index in [1.54, 1.807) is 12.4 Å². The largest absolute Gasteiger partial charge is 0.487 e. The van der Waals surface area contributed by atoms with Crippen LogP contribution in [-0.2, 0) is 63.3 Å². The number of carbonyl (C=O) groups excluding carboxylic acids is 1. The number of aromatic nitrogens is 8. The molecule has 0 spiro atoms. The third-order valence-corrected chi connectivity index (χ3v) is 13.7. The van der Waals surface area contributed by atoms with Gasteiger partial charge in [0.15, 0.2) is 0 Å². The molecule has 0 fully saturated rings. The number of nitrogens with zero attached hydrogens (tertiary/aromatic N) is 8. The van der Waals surface area contributed by atoms with E-state index >= 15 is 0 Å². The maximum Gasteiger partial charge on any atom is 0.306 e. The third kappa shape index (κ3) is 11.3. The van der Waals surface area contributed by atoms with Crippen LogP contribution in [0.15, 0.2) is 85.7 Å². The normalized spacial score (nSPS) is 17.0. The van der Waals surface area contributed by atoms with Crippen molar-refractivity contribution in [3.05, 3.63) is 143 Å². The average Bonchev–Trinajstić information content (AvgIpc) is 3.94. The zero-order chi connectivity index (χ0) is 49.0. The van der Waals surface area contributed by atoms with Crippen LogP contribution in [-0.4, -0.2) is 62.7 Å². The lowest BCUT2D eigenvalue weighted by Gasteiger charge is -2.39. The molecule has 0 amide bonds. The number of carboxylic acids is 1. The lowest BCUT2D eigenvalue weighted by molar-refractivity contribution is -0.143. The molecule has 0 radical (unpaired) electrons. The van der Waals surface area contributed by atoms with Gasteiger partial charge in [-0.1, -0.05) is 79.7 Å². The maximum absolute atomic E-state index is 12.3. The van der Waals surface area contributed by atoms with Gasteiger partial charge in [-0.2, -0.15) is 0 Å². The van der Waals surface area contributed by atoms with Gasteiger partial charge in [0.1, 0.15) is 36.4 Å². The van der Waals surface area contributed by atoms with Crippen molar-refractivity contribution in [3.63, 3.8) is 0 Å². The van der Waals surface area contributed by atoms with Crippen molar-refractivity contribution in [2.45, 2.75) is 148 Å². The average molecular weight is 925 g/mol. The fourth-order valence-corrected chi connectivity index (χ4v) is 9.26. The number of imidazole rings is 2. The molecule has 360 valence electrons. The number of aryl methyl sites for hydroxylation is 2. The van der Waals surface area contributed by atoms with Crippen LogP contribution in [0.3, 0.4) is 0 Å². The van der Waals surface area contributed by atoms with E-state index in [1.165, 1.54) is 0 Å². The third-order valence-electron chi connectivity index (χ3n) is 13.7. The van der Waals surface area contributed by atoms with Gasteiger partial charge in [0.05, 0.1) is 77.8 Å². The van der Waals surface area contributed by atoms with Gasteiger partial charge in [-0.25, -0.2) is 9.97 Å². The molecule has 2 aliphatic rings. The number of carboxylic acid groups (broad SMARTS) is 1. The number of esters is 1. The number of benzene rings is 2. The summed E-state index contributed by atoms with van der Waals surface area (Å²) >= 11 is 0. The van der Waals surface area contributed by atoms with E-state index in [0.717, 1.165) is 88.4 Å². The summed E-state index contributed by atoms with van der Waals surface area (Å²) in [4.78, 5) is 52.0. The van der Waals surface area contributed by atoms with Crippen molar-refractivity contribution in [3.8, 4) is 11.5 Å². The molecule has 4 heterocycles. The second kappa shape index (κ2) is 20.0. The molecular formula is C54H68N8O6. The maximum atomic E-state index is 12.3. The van der Waals surface area contributed by atoms with Crippen molar-refractivity contribution in [2.75, 3.05) is 6.61 Å². The van der Waals surface area contributed by atoms with Gasteiger partial charge in [-0.15, -0.1) is 0 Å². The Morgan fingerprint density at radius 1 is 0.588 bits per heavy atom. The van der Waals surface area contributed by atoms with E-state index in [9.17, 15) is 14.7 Å². The summed E-state index contributed by atoms with van der Waals surface area (Å²) in [6, 6.07) is 15.4. The summed E-state index contributed by atoms with van der Waals surface area (Å²) in [5.74, 6) is 1.36. The minimum atomic E-state index is -0.861. The molecule has 0 unspecified atom stereocenters. The van der Waals surface area contributed by atoms with E-state index in [1.807, 2.05) is 103 Å². The predicted octanol–water partition coefficient (Wildman–Crippen LogP) is 9.97. The number of fused-ring (bicyclic) bond motifs is 2. The molecule has 2 aliphatic carbocycles. The number of ether oxygens (including phenoxy) is 3. The van der Waals surface area contributed by atoms with Gasteiger partial charge in [0, 0.05) is 60.5 Å². The van der Waals surface area contributed by atoms with Gasteiger partial charge < -0.3 is 28.5 Å². The molecule has 2 atom stereocenters. The Morgan fingerprint density at radius 2 is 0.971 bits per heavy atom. The van der Waals surface area contributed by atoms with E-state index in [2.05, 4.69) is 65.4 Å². The Bertz CT molecular complexity index is 2700. The van der Waals surface area contributed by atoms with Crippen molar-refractivity contribution in [1.29, 1.82) is 0 Å². The van der Waals surface area contributed by atoms with E-state index in [0.29, 0.717) is 25.6 Å². The van der Waals surface area contributed by atoms with Crippen LogP contribution in [0, 0.1) is 0 Å². The first-order chi connectivity index (χ1) is 32.2. The minimum absolute atomic E-state index is 0.000356. The van der Waals surface area contributed by atoms with Crippen LogP contribution in [0.1, 0.15) is 170 Å². The van der Waals surface area contributed by atoms with Crippen molar-refractivity contribution >= 4 is 11.9 Å². The summed E-state index contributed by atoms with van der Waals surface area (Å²) in [6.45, 7) is 20.8. The van der Waals surface area contributed by atoms with Gasteiger partial charge in [-0.3, -0.25) is 29.5 Å². The minimum Gasteiger partial charge on any atom is -0.487 e. The van der Waals surface area contributed by atoms with Gasteiger partial charge in [0.2, 0.25) is 0 Å². The molecule has 0 bridgehead atoms. The summed E-state index contributed by atoms with van der Waals surface area (Å²) in [5.41, 5.74) is 7.93. The zero-order valence-electron chi connectivity index (χ0n) is 41.7. The first-order valence-electron chi connectivity index (χ1n) is 23.7. The van der Waals surface area contributed by atoms with Crippen LogP contribution in [0.4, 0.5) is 0 Å². The number of carbonyl (C=O) groups is 2. The number of aliphatic carboxylic acids is 1. The fraction of sp³-hybridized carbons (Fsp3) is 0.481. The highest BCUT2D eigenvalue weighted by atomic mass is 16.5. The molecule has 2 aromatic carbocycles. The smallest absolute Gasteiger partial charge is 0.306 e. The topological polar surface area (TPSA) is 169 Å². The Balaban J connectivity index is 0.000000202. The van der Waals surface area contributed by atoms with Crippen LogP contribution in [0.25, 0.3) is 0 Å². The molecule has 8 rings (SSSR count). The first kappa shape index (κ1) is 49.5. The van der Waals surface area contributed by atoms with Crippen molar-refractivity contribution < 1.29 is 28.9 Å². The highest BCUT2D eigenvalue weighted by Crippen LogP contribution is 2.45. The Labute approximate surface area is 401 Å². The van der Waals surface area contributed by atoms with Gasteiger partial charge in [0.25, 0.3) is 0 Å². The molecule has 0 saturated heterocycles. The van der Waals surface area contributed by atoms with E-state index in [-0.39, 0.29) is 52.3 Å². The van der Waals surface area contributed by atoms with E-state index < -0.39 is 5.97 Å². The van der Waals surface area contributed by atoms with Crippen LogP contribution in [0.5, 0.6) is 11.5 Å². The van der Waals surface area contributed by atoms with E-state index in [4.69, 9.17) is 34.1 Å². The monoisotopic (exact) mass is 925 g/mol. The Morgan fingerprint density at radius 3 is 1.32 bits per heavy atom. The van der Waals surface area contributed by atoms with Crippen LogP contribution < -0.4 is 9.47 Å². The zero-order valence-corrected chi connectivity index (χ0v) is 41.7. The highest BCUT2D eigenvalue weighted by Gasteiger charge is 2.41. The number of hydrogen-bond donors (Lipinski definition) is 1. The molecule has 4 aromatic heterocycles. The van der Waals surface area contributed by atoms with Gasteiger partial charge >= 0.3 is 11.9 Å². The second-order valence-electron chi connectivity index (χ2n) is 20.9. The molecule has 68 heavy (non-hydrogen) atoms. The summed E-state index contributed by atoms with van der Waals surface area (Å²) in [5, 5.41) is 9.38. The summed E-state index contributed by atoms with van der Waals surface area (Å²) < 4.78 is 21.0. The number of rotatable bonds is 15. The van der Waals surface area contributed by atoms with Gasteiger partial charge in [-0.05, 0) is 68.0 Å². The Hall–Kier alpha value is -6.44. The lowest BCUT2D eigenvalue weighted by Crippen LogP contribution is -2.36. The molecule has 0 saturated carbocycles. The molecule has 14 nitrogen and oxygen atoms in total. The second-order valence-corrected chi connectivity index (χ2v) is 20.9. The fourth-order valence-electron chi connectivity index (χ4n) is 9.26. The standard InChI is InChI=1S/C28H36N4O3.C26H32N4O3/c1-7-34-23(33)16-22(26-29-14-15-32(26)6)19-8-10-21(11-9-19)35-18-20-17-30-24-25(31-20)28(4,5)13-12-27(24,2)3;1-25(2)10-11-26(3,4)23-22(25)28-15-18(29-23)16-33-19-8-6-17(7-9-19)20(14-21(31)32)24-27-12-13-30(24)5/h8-11,14-15,17,22H,7,12-13,16,18H2,1-6H3;6-9,12-13,15,20H,10-11,14,16H2,1-5H3,(H,31,32)/t22-;20-/m00/s1. The van der Waals surface area contributed by atoms with Crippen molar-refractivity contribution in [1.82, 2.24) is 39.0 Å². The van der Waals surface area contributed by atoms with Crippen molar-refractivity contribution in [2.24, 2.45) is 14.1 Å². The predicted molar refractivity (Wildman–Crippen MR) is 260 cm³/mol. The Kier molecular flexibility index (Phi) is 14.6. The van der Waals surface area contributed by atoms with Crippen LogP contribution >= 0.6 is 0 Å². The molecule has 1 N–H and O–H groups in total. The lowest BCUT2D eigenvalue weighted by atomic mass is 9.67. The highest BCUT2D eigenvalue weighted by molar-refractivity contribution is 5.71. The quantitative estimate of drug-likeness (QED) is 0.0969. The SMILES string of the molecule is CCOC(=O)C[C@@H](c1ccc(OCc2cnc3c(n2)C(C)(C)CCC3(C)C)cc1)c1nccn1C.Cn1ccnc1[C@@H](CC(=O)O)c1ccc(OCc2cnc3c(n2)C(C)(C)CCC3(C)C)cc1. The van der Waals surface area contributed by atoms with Crippen LogP contribution in [0.2, 0.25) is 0 Å². The number of hydrogen-bond acceptors (Lipinski definition) is 11. The molecule has 0 aliphatic heterocycles. The first-order valence-corrected chi connectivity index (χ1v) is 23.7.